The van der Waals surface area contributed by atoms with Gasteiger partial charge in [-0.05, 0) is 31.6 Å². The highest BCUT2D eigenvalue weighted by Crippen LogP contribution is 2.25. The summed E-state index contributed by atoms with van der Waals surface area (Å²) in [6.07, 6.45) is 7.17. The molecule has 2 N–H and O–H groups in total. The van der Waals surface area contributed by atoms with Crippen molar-refractivity contribution in [2.24, 2.45) is 13.0 Å². The fourth-order valence-corrected chi connectivity index (χ4v) is 2.70. The van der Waals surface area contributed by atoms with E-state index in [9.17, 15) is 5.11 Å². The molecule has 0 aromatic carbocycles. The van der Waals surface area contributed by atoms with Crippen molar-refractivity contribution in [3.8, 4) is 0 Å². The fourth-order valence-electron chi connectivity index (χ4n) is 2.70. The summed E-state index contributed by atoms with van der Waals surface area (Å²) < 4.78 is 7.71. The lowest BCUT2D eigenvalue weighted by atomic mass is 9.89. The zero-order chi connectivity index (χ0) is 15.1. The van der Waals surface area contributed by atoms with Gasteiger partial charge in [-0.25, -0.2) is 0 Å². The number of nitrogens with one attached hydrogen (secondary N) is 1. The third kappa shape index (κ3) is 5.73. The molecular formula is C15H28N4O2. The average molecular weight is 296 g/mol. The monoisotopic (exact) mass is 296 g/mol. The minimum absolute atomic E-state index is 0.342. The van der Waals surface area contributed by atoms with Crippen LogP contribution in [0.15, 0.2) is 6.33 Å². The number of aliphatic hydroxyl groups excluding tert-OH is 1. The summed E-state index contributed by atoms with van der Waals surface area (Å²) in [5, 5.41) is 21.0. The molecule has 6 nitrogen and oxygen atoms in total. The smallest absolute Gasteiger partial charge is 0.133 e. The van der Waals surface area contributed by atoms with Crippen LogP contribution >= 0.6 is 0 Å². The van der Waals surface area contributed by atoms with Gasteiger partial charge < -0.3 is 19.7 Å². The van der Waals surface area contributed by atoms with Crippen molar-refractivity contribution in [2.45, 2.75) is 51.2 Å². The van der Waals surface area contributed by atoms with Crippen LogP contribution < -0.4 is 5.32 Å². The summed E-state index contributed by atoms with van der Waals surface area (Å²) in [6, 6.07) is 0. The molecule has 1 saturated carbocycles. The van der Waals surface area contributed by atoms with Gasteiger partial charge in [-0.15, -0.1) is 10.2 Å². The highest BCUT2D eigenvalue weighted by molar-refractivity contribution is 4.84. The Morgan fingerprint density at radius 2 is 2.19 bits per heavy atom. The number of hydrogen-bond donors (Lipinski definition) is 2. The fraction of sp³-hybridized carbons (Fsp3) is 0.867. The third-order valence-corrected chi connectivity index (χ3v) is 4.20. The molecule has 21 heavy (non-hydrogen) atoms. The Kier molecular flexibility index (Phi) is 6.60. The van der Waals surface area contributed by atoms with Crippen LogP contribution in [0.2, 0.25) is 0 Å². The zero-order valence-corrected chi connectivity index (χ0v) is 13.2. The van der Waals surface area contributed by atoms with Crippen LogP contribution in [0.1, 0.15) is 38.4 Å². The molecule has 0 amide bonds. The lowest BCUT2D eigenvalue weighted by molar-refractivity contribution is -0.0277. The maximum absolute atomic E-state index is 9.92. The van der Waals surface area contributed by atoms with E-state index < -0.39 is 6.10 Å². The van der Waals surface area contributed by atoms with E-state index >= 15 is 0 Å². The first-order valence-corrected chi connectivity index (χ1v) is 7.98. The molecule has 1 atom stereocenters. The molecule has 0 spiro atoms. The Balaban J connectivity index is 1.51. The van der Waals surface area contributed by atoms with E-state index in [1.54, 1.807) is 6.33 Å². The summed E-state index contributed by atoms with van der Waals surface area (Å²) in [5.41, 5.74) is 0. The summed E-state index contributed by atoms with van der Waals surface area (Å²) >= 11 is 0. The van der Waals surface area contributed by atoms with E-state index in [0.29, 0.717) is 19.3 Å². The quantitative estimate of drug-likeness (QED) is 0.698. The molecule has 2 rings (SSSR count). The lowest BCUT2D eigenvalue weighted by Gasteiger charge is -2.27. The molecule has 1 unspecified atom stereocenters. The van der Waals surface area contributed by atoms with Crippen molar-refractivity contribution >= 4 is 0 Å². The number of nitrogens with zero attached hydrogens (tertiary/aromatic N) is 3. The second-order valence-electron chi connectivity index (χ2n) is 6.18. The molecule has 0 bridgehead atoms. The molecule has 0 saturated heterocycles. The molecule has 0 aliphatic heterocycles. The highest BCUT2D eigenvalue weighted by Gasteiger charge is 2.19. The Morgan fingerprint density at radius 3 is 2.86 bits per heavy atom. The first-order valence-electron chi connectivity index (χ1n) is 7.98. The maximum Gasteiger partial charge on any atom is 0.133 e. The van der Waals surface area contributed by atoms with E-state index in [4.69, 9.17) is 4.74 Å². The first kappa shape index (κ1) is 16.4. The lowest BCUT2D eigenvalue weighted by Crippen LogP contribution is -2.34. The normalized spacial score (nSPS) is 24.1. The van der Waals surface area contributed by atoms with Crippen LogP contribution in [0, 0.1) is 5.92 Å². The minimum atomic E-state index is -0.441. The summed E-state index contributed by atoms with van der Waals surface area (Å²) in [7, 11) is 1.93. The van der Waals surface area contributed by atoms with Gasteiger partial charge in [-0.3, -0.25) is 0 Å². The van der Waals surface area contributed by atoms with Crippen LogP contribution in [0.4, 0.5) is 0 Å². The molecule has 1 fully saturated rings. The van der Waals surface area contributed by atoms with Crippen LogP contribution in [-0.2, 0) is 18.2 Å². The van der Waals surface area contributed by atoms with Crippen LogP contribution in [0.5, 0.6) is 0 Å². The number of rotatable bonds is 8. The number of aryl methyl sites for hydroxylation is 1. The molecule has 6 heteroatoms. The van der Waals surface area contributed by atoms with E-state index in [1.807, 2.05) is 11.6 Å². The van der Waals surface area contributed by atoms with Gasteiger partial charge in [0.15, 0.2) is 0 Å². The predicted molar refractivity (Wildman–Crippen MR) is 81.0 cm³/mol. The number of aromatic nitrogens is 3. The van der Waals surface area contributed by atoms with Gasteiger partial charge in [0.25, 0.3) is 0 Å². The molecule has 1 aliphatic carbocycles. The van der Waals surface area contributed by atoms with Crippen LogP contribution in [-0.4, -0.2) is 51.8 Å². The number of aliphatic hydroxyl groups is 1. The van der Waals surface area contributed by atoms with Crippen molar-refractivity contribution in [2.75, 3.05) is 19.7 Å². The highest BCUT2D eigenvalue weighted by atomic mass is 16.5. The molecule has 1 aromatic heterocycles. The van der Waals surface area contributed by atoms with Crippen molar-refractivity contribution in [3.63, 3.8) is 0 Å². The van der Waals surface area contributed by atoms with Gasteiger partial charge in [0.1, 0.15) is 12.2 Å². The van der Waals surface area contributed by atoms with Gasteiger partial charge >= 0.3 is 0 Å². The van der Waals surface area contributed by atoms with Gasteiger partial charge in [0.05, 0.1) is 18.8 Å². The summed E-state index contributed by atoms with van der Waals surface area (Å²) in [4.78, 5) is 0. The Labute approximate surface area is 126 Å². The second-order valence-corrected chi connectivity index (χ2v) is 6.18. The van der Waals surface area contributed by atoms with Gasteiger partial charge in [0.2, 0.25) is 0 Å². The topological polar surface area (TPSA) is 72.2 Å². The molecule has 120 valence electrons. The van der Waals surface area contributed by atoms with Crippen molar-refractivity contribution in [3.05, 3.63) is 12.2 Å². The Morgan fingerprint density at radius 1 is 1.43 bits per heavy atom. The average Bonchev–Trinajstić information content (AvgIpc) is 2.88. The number of ether oxygens (including phenoxy) is 1. The minimum Gasteiger partial charge on any atom is -0.389 e. The van der Waals surface area contributed by atoms with Crippen molar-refractivity contribution in [1.29, 1.82) is 0 Å². The summed E-state index contributed by atoms with van der Waals surface area (Å²) in [5.74, 6) is 1.78. The van der Waals surface area contributed by atoms with Crippen LogP contribution in [0.25, 0.3) is 0 Å². The molecule has 1 aliphatic rings. The zero-order valence-electron chi connectivity index (χ0n) is 13.2. The molecule has 1 heterocycles. The summed E-state index contributed by atoms with van der Waals surface area (Å²) in [6.45, 7) is 4.06. The Hall–Kier alpha value is -0.980. The first-order chi connectivity index (χ1) is 10.1. The second kappa shape index (κ2) is 8.46. The third-order valence-electron chi connectivity index (χ3n) is 4.20. The predicted octanol–water partition coefficient (Wildman–Crippen LogP) is 0.903. The maximum atomic E-state index is 9.92. The largest absolute Gasteiger partial charge is 0.389 e. The van der Waals surface area contributed by atoms with Crippen molar-refractivity contribution in [1.82, 2.24) is 20.1 Å². The van der Waals surface area contributed by atoms with Crippen molar-refractivity contribution < 1.29 is 9.84 Å². The molecular weight excluding hydrogens is 268 g/mol. The van der Waals surface area contributed by atoms with Gasteiger partial charge in [0, 0.05) is 26.6 Å². The molecule has 1 aromatic rings. The van der Waals surface area contributed by atoms with E-state index in [-0.39, 0.29) is 0 Å². The number of hydrogen-bond acceptors (Lipinski definition) is 5. The molecule has 0 radical (unpaired) electrons. The van der Waals surface area contributed by atoms with E-state index in [1.165, 1.54) is 12.8 Å². The van der Waals surface area contributed by atoms with Gasteiger partial charge in [-0.1, -0.05) is 6.92 Å². The van der Waals surface area contributed by atoms with Crippen LogP contribution in [0.3, 0.4) is 0 Å². The van der Waals surface area contributed by atoms with E-state index in [2.05, 4.69) is 22.4 Å². The van der Waals surface area contributed by atoms with Gasteiger partial charge in [-0.2, -0.15) is 0 Å². The SMILES string of the molecule is CC1CCC(OCC(O)CNCCc2nncn2C)CC1. The Bertz CT molecular complexity index is 402. The van der Waals surface area contributed by atoms with E-state index in [0.717, 1.165) is 37.5 Å². The standard InChI is InChI=1S/C15H28N4O2/c1-12-3-5-14(6-4-12)21-10-13(20)9-16-8-7-15-18-17-11-19(15)2/h11-14,16,20H,3-10H2,1-2H3.